The van der Waals surface area contributed by atoms with Crippen molar-refractivity contribution in [1.29, 1.82) is 0 Å². The number of aryl methyl sites for hydroxylation is 2. The molecule has 3 aromatic rings. The first-order valence-electron chi connectivity index (χ1n) is 15.4. The molecule has 1 aromatic heterocycles. The van der Waals surface area contributed by atoms with Gasteiger partial charge in [0.05, 0.1) is 17.7 Å². The molecule has 5 nitrogen and oxygen atoms in total. The van der Waals surface area contributed by atoms with Gasteiger partial charge in [0, 0.05) is 18.3 Å². The summed E-state index contributed by atoms with van der Waals surface area (Å²) in [6.07, 6.45) is 14.0. The molecule has 0 saturated heterocycles. The third-order valence-electron chi connectivity index (χ3n) is 8.02. The number of ether oxygens (including phenoxy) is 1. The molecular formula is C36H48N2O3. The van der Waals surface area contributed by atoms with Crippen molar-refractivity contribution in [3.05, 3.63) is 89.1 Å². The van der Waals surface area contributed by atoms with Gasteiger partial charge in [0.15, 0.2) is 0 Å². The number of hydrogen-bond acceptors (Lipinski definition) is 4. The van der Waals surface area contributed by atoms with Crippen molar-refractivity contribution in [2.45, 2.75) is 85.0 Å². The van der Waals surface area contributed by atoms with E-state index in [1.807, 2.05) is 62.4 Å². The van der Waals surface area contributed by atoms with Crippen LogP contribution in [-0.4, -0.2) is 29.2 Å². The topological polar surface area (TPSA) is 71.5 Å². The average molecular weight is 557 g/mol. The first kappa shape index (κ1) is 31.9. The predicted molar refractivity (Wildman–Crippen MR) is 171 cm³/mol. The Balaban J connectivity index is 1.40. The largest absolute Gasteiger partial charge is 0.481 e. The molecule has 5 heteroatoms. The smallest absolute Gasteiger partial charge is 0.309 e. The molecule has 0 aliphatic rings. The highest BCUT2D eigenvalue weighted by Gasteiger charge is 2.34. The summed E-state index contributed by atoms with van der Waals surface area (Å²) in [6.45, 7) is 7.43. The summed E-state index contributed by atoms with van der Waals surface area (Å²) in [5.74, 6) is -0.0576. The van der Waals surface area contributed by atoms with Crippen molar-refractivity contribution in [2.75, 3.05) is 18.5 Å². The number of rotatable bonds is 19. The summed E-state index contributed by atoms with van der Waals surface area (Å²) < 4.78 is 5.93. The molecule has 0 bridgehead atoms. The van der Waals surface area contributed by atoms with E-state index >= 15 is 0 Å². The fraction of sp³-hybridized carbons (Fsp3) is 0.444. The second-order valence-corrected chi connectivity index (χ2v) is 10.9. The molecule has 0 radical (unpaired) electrons. The maximum atomic E-state index is 11.8. The molecule has 2 N–H and O–H groups in total. The Labute approximate surface area is 247 Å². The number of benzene rings is 2. The number of aromatic nitrogens is 1. The lowest BCUT2D eigenvalue weighted by Crippen LogP contribution is -2.31. The summed E-state index contributed by atoms with van der Waals surface area (Å²) in [4.78, 5) is 16.4. The van der Waals surface area contributed by atoms with Crippen molar-refractivity contribution < 1.29 is 14.6 Å². The van der Waals surface area contributed by atoms with Gasteiger partial charge in [-0.05, 0) is 98.8 Å². The lowest BCUT2D eigenvalue weighted by atomic mass is 9.79. The minimum Gasteiger partial charge on any atom is -0.481 e. The van der Waals surface area contributed by atoms with Crippen LogP contribution in [0.15, 0.2) is 66.7 Å². The number of unbranched alkanes of at least 4 members (excludes halogenated alkanes) is 3. The Morgan fingerprint density at radius 2 is 1.59 bits per heavy atom. The fourth-order valence-corrected chi connectivity index (χ4v) is 5.04. The number of carboxylic acid groups (broad SMARTS) is 1. The van der Waals surface area contributed by atoms with Gasteiger partial charge in [-0.15, -0.1) is 0 Å². The highest BCUT2D eigenvalue weighted by molar-refractivity contribution is 5.74. The molecule has 1 heterocycles. The molecule has 0 aliphatic carbocycles. The third kappa shape index (κ3) is 10.7. The van der Waals surface area contributed by atoms with Gasteiger partial charge in [0.2, 0.25) is 5.88 Å². The van der Waals surface area contributed by atoms with Crippen LogP contribution in [0.1, 0.15) is 94.5 Å². The summed E-state index contributed by atoms with van der Waals surface area (Å²) in [6, 6.07) is 23.1. The van der Waals surface area contributed by atoms with E-state index in [1.165, 1.54) is 36.8 Å². The SMILES string of the molecule is CCCCc1ccc(CCCCCOc2cccc(C=Cc3cccc(NCCC(CC)(CC)C(=O)O)c3)n2)cc1. The molecule has 0 spiro atoms. The van der Waals surface area contributed by atoms with E-state index in [4.69, 9.17) is 4.74 Å². The first-order chi connectivity index (χ1) is 20.0. The van der Waals surface area contributed by atoms with Crippen LogP contribution in [0.2, 0.25) is 0 Å². The van der Waals surface area contributed by atoms with E-state index in [2.05, 4.69) is 47.6 Å². The van der Waals surface area contributed by atoms with E-state index in [9.17, 15) is 9.90 Å². The molecular weight excluding hydrogens is 508 g/mol. The Kier molecular flexibility index (Phi) is 13.4. The van der Waals surface area contributed by atoms with Gasteiger partial charge in [-0.1, -0.05) is 75.7 Å². The number of aliphatic carboxylic acids is 1. The van der Waals surface area contributed by atoms with E-state index < -0.39 is 11.4 Å². The minimum atomic E-state index is -0.709. The molecule has 41 heavy (non-hydrogen) atoms. The third-order valence-corrected chi connectivity index (χ3v) is 8.02. The Morgan fingerprint density at radius 1 is 0.878 bits per heavy atom. The second kappa shape index (κ2) is 17.3. The summed E-state index contributed by atoms with van der Waals surface area (Å²) in [7, 11) is 0. The van der Waals surface area contributed by atoms with Gasteiger partial charge < -0.3 is 15.2 Å². The molecule has 0 fully saturated rings. The van der Waals surface area contributed by atoms with Gasteiger partial charge in [0.1, 0.15) is 0 Å². The van der Waals surface area contributed by atoms with E-state index in [1.54, 1.807) is 0 Å². The van der Waals surface area contributed by atoms with Crippen LogP contribution in [-0.2, 0) is 17.6 Å². The van der Waals surface area contributed by atoms with Crippen LogP contribution in [0.25, 0.3) is 12.2 Å². The Hall–Kier alpha value is -3.60. The van der Waals surface area contributed by atoms with E-state index in [0.717, 1.165) is 36.2 Å². The van der Waals surface area contributed by atoms with Crippen LogP contribution in [0.4, 0.5) is 5.69 Å². The summed E-state index contributed by atoms with van der Waals surface area (Å²) in [5, 5.41) is 13.1. The normalized spacial score (nSPS) is 11.6. The second-order valence-electron chi connectivity index (χ2n) is 10.9. The highest BCUT2D eigenvalue weighted by atomic mass is 16.5. The summed E-state index contributed by atoms with van der Waals surface area (Å²) in [5.41, 5.74) is 5.08. The zero-order valence-corrected chi connectivity index (χ0v) is 25.2. The van der Waals surface area contributed by atoms with Gasteiger partial charge in [-0.3, -0.25) is 4.79 Å². The number of carbonyl (C=O) groups is 1. The lowest BCUT2D eigenvalue weighted by Gasteiger charge is -2.26. The standard InChI is InChI=1S/C36H48N2O3/c1-4-7-13-29-19-21-30(22-20-29)14-9-8-10-27-41-34-18-12-16-32(38-34)24-23-31-15-11-17-33(28-31)37-26-25-36(5-2,6-3)35(39)40/h11-12,15-24,28,37H,4-10,13-14,25-27H2,1-3H3,(H,39,40). The van der Waals surface area contributed by atoms with Gasteiger partial charge >= 0.3 is 5.97 Å². The van der Waals surface area contributed by atoms with Crippen molar-refractivity contribution in [3.8, 4) is 5.88 Å². The van der Waals surface area contributed by atoms with Crippen molar-refractivity contribution in [2.24, 2.45) is 5.41 Å². The molecule has 220 valence electrons. The Bertz CT molecular complexity index is 1220. The number of anilines is 1. The van der Waals surface area contributed by atoms with Crippen LogP contribution in [0.5, 0.6) is 5.88 Å². The van der Waals surface area contributed by atoms with Crippen LogP contribution in [0.3, 0.4) is 0 Å². The molecule has 0 saturated carbocycles. The fourth-order valence-electron chi connectivity index (χ4n) is 5.04. The highest BCUT2D eigenvalue weighted by Crippen LogP contribution is 2.31. The van der Waals surface area contributed by atoms with E-state index in [-0.39, 0.29) is 0 Å². The molecule has 3 rings (SSSR count). The van der Waals surface area contributed by atoms with Gasteiger partial charge in [0.25, 0.3) is 0 Å². The van der Waals surface area contributed by atoms with E-state index in [0.29, 0.717) is 38.3 Å². The van der Waals surface area contributed by atoms with Crippen molar-refractivity contribution >= 4 is 23.8 Å². The van der Waals surface area contributed by atoms with Crippen LogP contribution < -0.4 is 10.1 Å². The number of hydrogen-bond donors (Lipinski definition) is 2. The maximum Gasteiger partial charge on any atom is 0.309 e. The number of nitrogens with one attached hydrogen (secondary N) is 1. The number of carboxylic acids is 1. The first-order valence-corrected chi connectivity index (χ1v) is 15.4. The maximum absolute atomic E-state index is 11.8. The quantitative estimate of drug-likeness (QED) is 0.144. The van der Waals surface area contributed by atoms with Gasteiger partial charge in [-0.25, -0.2) is 4.98 Å². The van der Waals surface area contributed by atoms with Crippen molar-refractivity contribution in [1.82, 2.24) is 4.98 Å². The molecule has 0 atom stereocenters. The number of pyridine rings is 1. The molecule has 0 aliphatic heterocycles. The zero-order valence-electron chi connectivity index (χ0n) is 25.2. The molecule has 0 amide bonds. The van der Waals surface area contributed by atoms with Crippen LogP contribution in [0, 0.1) is 5.41 Å². The van der Waals surface area contributed by atoms with Gasteiger partial charge in [-0.2, -0.15) is 0 Å². The van der Waals surface area contributed by atoms with Crippen LogP contribution >= 0.6 is 0 Å². The Morgan fingerprint density at radius 3 is 2.27 bits per heavy atom. The predicted octanol–water partition coefficient (Wildman–Crippen LogP) is 9.08. The monoisotopic (exact) mass is 556 g/mol. The van der Waals surface area contributed by atoms with Crippen molar-refractivity contribution in [3.63, 3.8) is 0 Å². The zero-order chi connectivity index (χ0) is 29.3. The molecule has 2 aromatic carbocycles. The number of nitrogens with zero attached hydrogens (tertiary/aromatic N) is 1. The summed E-state index contributed by atoms with van der Waals surface area (Å²) >= 11 is 0. The minimum absolute atomic E-state index is 0.596. The average Bonchev–Trinajstić information content (AvgIpc) is 3.00. The lowest BCUT2D eigenvalue weighted by molar-refractivity contribution is -0.149. The molecule has 0 unspecified atom stereocenters.